The molecule has 29 heavy (non-hydrogen) atoms. The van der Waals surface area contributed by atoms with Crippen molar-refractivity contribution in [2.45, 2.75) is 26.7 Å². The molecule has 8 heteroatoms. The number of amides is 1. The third-order valence-electron chi connectivity index (χ3n) is 4.14. The summed E-state index contributed by atoms with van der Waals surface area (Å²) in [6, 6.07) is 9.48. The van der Waals surface area contributed by atoms with Crippen LogP contribution in [-0.4, -0.2) is 45.8 Å². The van der Waals surface area contributed by atoms with Gasteiger partial charge in [-0.15, -0.1) is 0 Å². The lowest BCUT2D eigenvalue weighted by Crippen LogP contribution is -2.27. The molecule has 0 saturated heterocycles. The molecule has 3 aromatic rings. The Bertz CT molecular complexity index is 927. The van der Waals surface area contributed by atoms with Crippen molar-refractivity contribution in [3.8, 4) is 22.9 Å². The second-order valence-corrected chi connectivity index (χ2v) is 6.27. The lowest BCUT2D eigenvalue weighted by atomic mass is 10.1. The smallest absolute Gasteiger partial charge is 0.227 e. The summed E-state index contributed by atoms with van der Waals surface area (Å²) in [5.41, 5.74) is 1.92. The quantitative estimate of drug-likeness (QED) is 0.547. The number of aromatic amines is 1. The molecule has 1 aromatic carbocycles. The number of rotatable bonds is 10. The van der Waals surface area contributed by atoms with Gasteiger partial charge in [-0.25, -0.2) is 4.98 Å². The average molecular weight is 395 g/mol. The van der Waals surface area contributed by atoms with Crippen LogP contribution >= 0.6 is 0 Å². The zero-order valence-electron chi connectivity index (χ0n) is 16.6. The van der Waals surface area contributed by atoms with E-state index >= 15 is 0 Å². The van der Waals surface area contributed by atoms with Gasteiger partial charge in [0, 0.05) is 24.5 Å². The van der Waals surface area contributed by atoms with E-state index in [0.717, 1.165) is 22.6 Å². The molecule has 0 radical (unpaired) electrons. The van der Waals surface area contributed by atoms with Gasteiger partial charge in [-0.05, 0) is 50.1 Å². The minimum absolute atomic E-state index is 0.113. The molecule has 152 valence electrons. The highest BCUT2D eigenvalue weighted by Gasteiger charge is 2.10. The fourth-order valence-electron chi connectivity index (χ4n) is 2.82. The Morgan fingerprint density at radius 3 is 2.59 bits per heavy atom. The number of hydrogen-bond donors (Lipinski definition) is 2. The van der Waals surface area contributed by atoms with Crippen LogP contribution in [0, 0.1) is 0 Å². The van der Waals surface area contributed by atoms with E-state index in [1.807, 2.05) is 44.2 Å². The number of H-pyrrole nitrogens is 1. The molecule has 3 rings (SSSR count). The number of nitrogens with one attached hydrogen (secondary N) is 2. The largest absolute Gasteiger partial charge is 0.490 e. The summed E-state index contributed by atoms with van der Waals surface area (Å²) < 4.78 is 11.2. The number of aromatic nitrogens is 4. The van der Waals surface area contributed by atoms with Crippen LogP contribution in [-0.2, 0) is 17.6 Å². The summed E-state index contributed by atoms with van der Waals surface area (Å²) in [5.74, 6) is 2.42. The summed E-state index contributed by atoms with van der Waals surface area (Å²) in [6.07, 6.45) is 4.19. The Kier molecular flexibility index (Phi) is 7.16. The number of nitrogens with zero attached hydrogens (tertiary/aromatic N) is 3. The Hall–Kier alpha value is -3.42. The van der Waals surface area contributed by atoms with Crippen molar-refractivity contribution in [1.82, 2.24) is 25.5 Å². The fourth-order valence-corrected chi connectivity index (χ4v) is 2.82. The SMILES string of the molecule is CCOc1ccc(CCNC(=O)Cc2nc(-c3ccncc3)n[nH]2)cc1OCC. The van der Waals surface area contributed by atoms with E-state index in [0.29, 0.717) is 37.8 Å². The van der Waals surface area contributed by atoms with Crippen LogP contribution in [0.5, 0.6) is 11.5 Å². The number of carbonyl (C=O) groups excluding carboxylic acids is 1. The summed E-state index contributed by atoms with van der Waals surface area (Å²) in [7, 11) is 0. The Morgan fingerprint density at radius 1 is 1.07 bits per heavy atom. The van der Waals surface area contributed by atoms with E-state index in [2.05, 4.69) is 25.5 Å². The van der Waals surface area contributed by atoms with Crippen LogP contribution in [0.2, 0.25) is 0 Å². The van der Waals surface area contributed by atoms with Gasteiger partial charge in [-0.3, -0.25) is 14.9 Å². The molecule has 1 amide bonds. The molecular weight excluding hydrogens is 370 g/mol. The van der Waals surface area contributed by atoms with Gasteiger partial charge in [0.1, 0.15) is 5.82 Å². The molecule has 0 saturated carbocycles. The third-order valence-corrected chi connectivity index (χ3v) is 4.14. The van der Waals surface area contributed by atoms with Crippen LogP contribution in [0.25, 0.3) is 11.4 Å². The number of benzene rings is 1. The van der Waals surface area contributed by atoms with Gasteiger partial charge < -0.3 is 14.8 Å². The van der Waals surface area contributed by atoms with Crippen molar-refractivity contribution >= 4 is 5.91 Å². The van der Waals surface area contributed by atoms with Crippen LogP contribution in [0.3, 0.4) is 0 Å². The zero-order chi connectivity index (χ0) is 20.5. The highest BCUT2D eigenvalue weighted by Crippen LogP contribution is 2.28. The van der Waals surface area contributed by atoms with E-state index in [9.17, 15) is 4.79 Å². The summed E-state index contributed by atoms with van der Waals surface area (Å²) in [5, 5.41) is 9.87. The van der Waals surface area contributed by atoms with E-state index in [1.54, 1.807) is 12.4 Å². The highest BCUT2D eigenvalue weighted by atomic mass is 16.5. The molecule has 2 heterocycles. The topological polar surface area (TPSA) is 102 Å². The van der Waals surface area contributed by atoms with Crippen LogP contribution in [0.4, 0.5) is 0 Å². The molecule has 0 atom stereocenters. The molecule has 0 aliphatic carbocycles. The number of ether oxygens (including phenoxy) is 2. The molecule has 0 fully saturated rings. The standard InChI is InChI=1S/C21H25N5O3/c1-3-28-17-6-5-15(13-18(17)29-4-2)7-12-23-20(27)14-19-24-21(26-25-19)16-8-10-22-11-9-16/h5-6,8-11,13H,3-4,7,12,14H2,1-2H3,(H,23,27)(H,24,25,26). The van der Waals surface area contributed by atoms with Gasteiger partial charge in [0.25, 0.3) is 0 Å². The Labute approximate surface area is 169 Å². The van der Waals surface area contributed by atoms with Gasteiger partial charge in [-0.1, -0.05) is 6.07 Å². The summed E-state index contributed by atoms with van der Waals surface area (Å²) >= 11 is 0. The molecule has 0 unspecified atom stereocenters. The van der Waals surface area contributed by atoms with Gasteiger partial charge in [0.2, 0.25) is 5.91 Å². The van der Waals surface area contributed by atoms with E-state index in [-0.39, 0.29) is 12.3 Å². The summed E-state index contributed by atoms with van der Waals surface area (Å²) in [6.45, 7) is 5.54. The maximum Gasteiger partial charge on any atom is 0.227 e. The first-order valence-corrected chi connectivity index (χ1v) is 9.66. The highest BCUT2D eigenvalue weighted by molar-refractivity contribution is 5.77. The van der Waals surface area contributed by atoms with Crippen LogP contribution < -0.4 is 14.8 Å². The molecule has 0 bridgehead atoms. The van der Waals surface area contributed by atoms with Gasteiger partial charge in [0.05, 0.1) is 19.6 Å². The second kappa shape index (κ2) is 10.2. The van der Waals surface area contributed by atoms with Crippen molar-refractivity contribution in [3.05, 3.63) is 54.1 Å². The minimum Gasteiger partial charge on any atom is -0.490 e. The molecule has 2 N–H and O–H groups in total. The molecule has 0 aliphatic rings. The number of carbonyl (C=O) groups is 1. The van der Waals surface area contributed by atoms with Gasteiger partial charge in [-0.2, -0.15) is 5.10 Å². The monoisotopic (exact) mass is 395 g/mol. The zero-order valence-corrected chi connectivity index (χ0v) is 16.6. The van der Waals surface area contributed by atoms with E-state index in [4.69, 9.17) is 9.47 Å². The number of pyridine rings is 1. The van der Waals surface area contributed by atoms with Crippen LogP contribution in [0.1, 0.15) is 25.2 Å². The molecule has 2 aromatic heterocycles. The number of hydrogen-bond acceptors (Lipinski definition) is 6. The molecule has 0 aliphatic heterocycles. The first kappa shape index (κ1) is 20.3. The maximum absolute atomic E-state index is 12.2. The molecular formula is C21H25N5O3. The molecule has 0 spiro atoms. The third kappa shape index (κ3) is 5.78. The van der Waals surface area contributed by atoms with Crippen molar-refractivity contribution in [2.24, 2.45) is 0 Å². The predicted molar refractivity (Wildman–Crippen MR) is 109 cm³/mol. The van der Waals surface area contributed by atoms with Crippen molar-refractivity contribution in [2.75, 3.05) is 19.8 Å². The first-order chi connectivity index (χ1) is 14.2. The lowest BCUT2D eigenvalue weighted by molar-refractivity contribution is -0.120. The van der Waals surface area contributed by atoms with Gasteiger partial charge in [0.15, 0.2) is 17.3 Å². The normalized spacial score (nSPS) is 10.6. The lowest BCUT2D eigenvalue weighted by Gasteiger charge is -2.12. The van der Waals surface area contributed by atoms with Crippen molar-refractivity contribution < 1.29 is 14.3 Å². The second-order valence-electron chi connectivity index (χ2n) is 6.27. The van der Waals surface area contributed by atoms with Crippen molar-refractivity contribution in [1.29, 1.82) is 0 Å². The molecule has 8 nitrogen and oxygen atoms in total. The average Bonchev–Trinajstić information content (AvgIpc) is 3.19. The Morgan fingerprint density at radius 2 is 1.83 bits per heavy atom. The maximum atomic E-state index is 12.2. The Balaban J connectivity index is 1.50. The van der Waals surface area contributed by atoms with E-state index in [1.165, 1.54) is 0 Å². The van der Waals surface area contributed by atoms with E-state index < -0.39 is 0 Å². The fraction of sp³-hybridized carbons (Fsp3) is 0.333. The summed E-state index contributed by atoms with van der Waals surface area (Å²) in [4.78, 5) is 20.5. The van der Waals surface area contributed by atoms with Crippen molar-refractivity contribution in [3.63, 3.8) is 0 Å². The van der Waals surface area contributed by atoms with Crippen LogP contribution in [0.15, 0.2) is 42.7 Å². The first-order valence-electron chi connectivity index (χ1n) is 9.66. The van der Waals surface area contributed by atoms with Gasteiger partial charge >= 0.3 is 0 Å². The predicted octanol–water partition coefficient (Wildman–Crippen LogP) is 2.57. The minimum atomic E-state index is -0.113.